The summed E-state index contributed by atoms with van der Waals surface area (Å²) in [6, 6.07) is 0. The van der Waals surface area contributed by atoms with Crippen LogP contribution in [0.1, 0.15) is 25.6 Å². The number of fused-ring (bicyclic) bond motifs is 1. The van der Waals surface area contributed by atoms with Crippen LogP contribution in [0.5, 0.6) is 0 Å². The fraction of sp³-hybridized carbons (Fsp3) is 0.636. The lowest BCUT2D eigenvalue weighted by Gasteiger charge is -2.36. The second-order valence-electron chi connectivity index (χ2n) is 5.12. The van der Waals surface area contributed by atoms with E-state index in [1.807, 2.05) is 12.6 Å². The zero-order chi connectivity index (χ0) is 11.2. The van der Waals surface area contributed by atoms with E-state index < -0.39 is 0 Å². The van der Waals surface area contributed by atoms with Crippen molar-refractivity contribution < 1.29 is 4.79 Å². The van der Waals surface area contributed by atoms with Gasteiger partial charge in [0.1, 0.15) is 5.82 Å². The molecule has 0 saturated carbocycles. The van der Waals surface area contributed by atoms with Crippen LogP contribution in [0, 0.1) is 11.3 Å². The summed E-state index contributed by atoms with van der Waals surface area (Å²) in [5.74, 6) is 1.13. The van der Waals surface area contributed by atoms with E-state index in [1.165, 1.54) is 4.88 Å². The summed E-state index contributed by atoms with van der Waals surface area (Å²) in [6.45, 7) is 6.36. The Hall–Kier alpha value is -0.900. The van der Waals surface area contributed by atoms with E-state index in [0.29, 0.717) is 0 Å². The van der Waals surface area contributed by atoms with Crippen molar-refractivity contribution in [3.05, 3.63) is 10.4 Å². The molecule has 0 fully saturated rings. The zero-order valence-electron chi connectivity index (χ0n) is 9.57. The van der Waals surface area contributed by atoms with E-state index in [1.54, 1.807) is 16.2 Å². The highest BCUT2D eigenvalue weighted by Crippen LogP contribution is 2.39. The molecular formula is C11H16N2OS. The predicted molar refractivity (Wildman–Crippen MR) is 62.2 cm³/mol. The van der Waals surface area contributed by atoms with Crippen LogP contribution in [0.4, 0.5) is 5.82 Å². The van der Waals surface area contributed by atoms with Crippen molar-refractivity contribution in [2.45, 2.75) is 27.2 Å². The van der Waals surface area contributed by atoms with Crippen molar-refractivity contribution in [2.75, 3.05) is 11.9 Å². The van der Waals surface area contributed by atoms with Gasteiger partial charge < -0.3 is 0 Å². The zero-order valence-corrected chi connectivity index (χ0v) is 10.4. The molecule has 1 aliphatic heterocycles. The van der Waals surface area contributed by atoms with Gasteiger partial charge in [0.2, 0.25) is 5.91 Å². The van der Waals surface area contributed by atoms with Crippen molar-refractivity contribution >= 4 is 23.1 Å². The molecule has 1 amide bonds. The second-order valence-corrected chi connectivity index (χ2v) is 6.06. The first kappa shape index (κ1) is 10.6. The standard InChI is InChI=1S/C11H16N2OS/c1-11(2,3)7-5-8-9(12-6-15-8)13(4)10(7)14/h6-7H,5H2,1-4H3. The molecule has 2 rings (SSSR count). The molecule has 0 saturated heterocycles. The van der Waals surface area contributed by atoms with Gasteiger partial charge in [-0.1, -0.05) is 20.8 Å². The molecule has 0 aliphatic carbocycles. The minimum atomic E-state index is 0.0209. The number of aromatic nitrogens is 1. The molecule has 1 atom stereocenters. The Balaban J connectivity index is 2.40. The molecule has 0 aromatic carbocycles. The maximum Gasteiger partial charge on any atom is 0.231 e. The van der Waals surface area contributed by atoms with Crippen LogP contribution >= 0.6 is 11.3 Å². The molecule has 82 valence electrons. The maximum atomic E-state index is 12.1. The molecule has 15 heavy (non-hydrogen) atoms. The lowest BCUT2D eigenvalue weighted by molar-refractivity contribution is -0.125. The van der Waals surface area contributed by atoms with Gasteiger partial charge in [0, 0.05) is 17.8 Å². The monoisotopic (exact) mass is 224 g/mol. The molecule has 4 heteroatoms. The molecule has 0 N–H and O–H groups in total. The van der Waals surface area contributed by atoms with Gasteiger partial charge in [0.25, 0.3) is 0 Å². The first-order valence-electron chi connectivity index (χ1n) is 5.11. The fourth-order valence-electron chi connectivity index (χ4n) is 1.97. The molecule has 0 radical (unpaired) electrons. The number of nitrogens with zero attached hydrogens (tertiary/aromatic N) is 2. The Kier molecular flexibility index (Phi) is 2.34. The van der Waals surface area contributed by atoms with E-state index in [2.05, 4.69) is 25.8 Å². The molecule has 0 bridgehead atoms. The average Bonchev–Trinajstić information content (AvgIpc) is 2.57. The molecule has 1 aromatic rings. The van der Waals surface area contributed by atoms with Gasteiger partial charge in [-0.2, -0.15) is 0 Å². The van der Waals surface area contributed by atoms with Gasteiger partial charge in [-0.05, 0) is 11.8 Å². The van der Waals surface area contributed by atoms with E-state index in [0.717, 1.165) is 12.2 Å². The Bertz CT molecular complexity index is 392. The number of hydrogen-bond donors (Lipinski definition) is 0. The summed E-state index contributed by atoms with van der Waals surface area (Å²) in [7, 11) is 1.82. The number of rotatable bonds is 0. The average molecular weight is 224 g/mol. The molecule has 1 aromatic heterocycles. The molecule has 3 nitrogen and oxygen atoms in total. The van der Waals surface area contributed by atoms with Gasteiger partial charge in [-0.3, -0.25) is 9.69 Å². The summed E-state index contributed by atoms with van der Waals surface area (Å²) in [4.78, 5) is 19.3. The van der Waals surface area contributed by atoms with E-state index >= 15 is 0 Å². The highest BCUT2D eigenvalue weighted by molar-refractivity contribution is 7.10. The highest BCUT2D eigenvalue weighted by Gasteiger charge is 2.39. The molecular weight excluding hydrogens is 208 g/mol. The number of carbonyl (C=O) groups is 1. The topological polar surface area (TPSA) is 33.2 Å². The molecule has 2 heterocycles. The smallest absolute Gasteiger partial charge is 0.231 e. The number of thiazole rings is 1. The lowest BCUT2D eigenvalue weighted by Crippen LogP contribution is -2.44. The summed E-state index contributed by atoms with van der Waals surface area (Å²) in [5.41, 5.74) is 1.84. The van der Waals surface area contributed by atoms with Crippen LogP contribution in [0.25, 0.3) is 0 Å². The number of carbonyl (C=O) groups excluding carboxylic acids is 1. The third kappa shape index (κ3) is 1.67. The number of hydrogen-bond acceptors (Lipinski definition) is 3. The summed E-state index contributed by atoms with van der Waals surface area (Å²) in [5, 5.41) is 0. The van der Waals surface area contributed by atoms with E-state index in [4.69, 9.17) is 0 Å². The van der Waals surface area contributed by atoms with E-state index in [9.17, 15) is 4.79 Å². The Morgan fingerprint density at radius 1 is 1.53 bits per heavy atom. The number of amides is 1. The highest BCUT2D eigenvalue weighted by atomic mass is 32.1. The van der Waals surface area contributed by atoms with Crippen molar-refractivity contribution in [1.29, 1.82) is 0 Å². The molecule has 1 aliphatic rings. The Morgan fingerprint density at radius 2 is 2.20 bits per heavy atom. The normalized spacial score (nSPS) is 21.7. The third-order valence-electron chi connectivity index (χ3n) is 3.00. The lowest BCUT2D eigenvalue weighted by atomic mass is 9.76. The third-order valence-corrected chi connectivity index (χ3v) is 3.85. The largest absolute Gasteiger partial charge is 0.299 e. The molecule has 0 spiro atoms. The van der Waals surface area contributed by atoms with Crippen LogP contribution in [0.3, 0.4) is 0 Å². The Morgan fingerprint density at radius 3 is 2.80 bits per heavy atom. The summed E-state index contributed by atoms with van der Waals surface area (Å²) < 4.78 is 0. The van der Waals surface area contributed by atoms with Gasteiger partial charge >= 0.3 is 0 Å². The van der Waals surface area contributed by atoms with Crippen molar-refractivity contribution in [3.8, 4) is 0 Å². The SMILES string of the molecule is CN1C(=O)C(C(C)(C)C)Cc2scnc21. The number of anilines is 1. The minimum Gasteiger partial charge on any atom is -0.299 e. The van der Waals surface area contributed by atoms with Crippen LogP contribution in [-0.2, 0) is 11.2 Å². The fourth-order valence-corrected chi connectivity index (χ4v) is 2.80. The van der Waals surface area contributed by atoms with Crippen molar-refractivity contribution in [2.24, 2.45) is 11.3 Å². The van der Waals surface area contributed by atoms with Crippen molar-refractivity contribution in [3.63, 3.8) is 0 Å². The minimum absolute atomic E-state index is 0.0209. The summed E-state index contributed by atoms with van der Waals surface area (Å²) >= 11 is 1.65. The van der Waals surface area contributed by atoms with Crippen molar-refractivity contribution in [1.82, 2.24) is 4.98 Å². The second kappa shape index (κ2) is 3.30. The first-order chi connectivity index (χ1) is 6.91. The van der Waals surface area contributed by atoms with Gasteiger partial charge in [-0.15, -0.1) is 11.3 Å². The first-order valence-corrected chi connectivity index (χ1v) is 5.99. The van der Waals surface area contributed by atoms with Gasteiger partial charge in [0.15, 0.2) is 0 Å². The molecule has 1 unspecified atom stereocenters. The Labute approximate surface area is 94.1 Å². The maximum absolute atomic E-state index is 12.1. The summed E-state index contributed by atoms with van der Waals surface area (Å²) in [6.07, 6.45) is 0.840. The quantitative estimate of drug-likeness (QED) is 0.677. The van der Waals surface area contributed by atoms with Gasteiger partial charge in [0.05, 0.1) is 5.51 Å². The van der Waals surface area contributed by atoms with Crippen LogP contribution in [0.15, 0.2) is 5.51 Å². The van der Waals surface area contributed by atoms with Crippen LogP contribution < -0.4 is 4.90 Å². The predicted octanol–water partition coefficient (Wildman–Crippen LogP) is 2.32. The van der Waals surface area contributed by atoms with E-state index in [-0.39, 0.29) is 17.2 Å². The van der Waals surface area contributed by atoms with Crippen LogP contribution in [0.2, 0.25) is 0 Å². The van der Waals surface area contributed by atoms with Crippen LogP contribution in [-0.4, -0.2) is 17.9 Å². The van der Waals surface area contributed by atoms with Gasteiger partial charge in [-0.25, -0.2) is 4.98 Å².